The summed E-state index contributed by atoms with van der Waals surface area (Å²) in [4.78, 5) is 15.8. The van der Waals surface area contributed by atoms with Crippen LogP contribution < -0.4 is 10.5 Å². The first-order valence-corrected chi connectivity index (χ1v) is 6.84. The van der Waals surface area contributed by atoms with E-state index in [4.69, 9.17) is 19.9 Å². The van der Waals surface area contributed by atoms with Crippen molar-refractivity contribution in [1.82, 2.24) is 4.98 Å². The molecule has 6 nitrogen and oxygen atoms in total. The van der Waals surface area contributed by atoms with Crippen LogP contribution in [0.15, 0.2) is 12.3 Å². The molecule has 2 heterocycles. The largest absolute Gasteiger partial charge is 0.477 e. The van der Waals surface area contributed by atoms with Crippen LogP contribution in [0.3, 0.4) is 0 Å². The molecule has 0 atom stereocenters. The van der Waals surface area contributed by atoms with Gasteiger partial charge in [0.15, 0.2) is 0 Å². The average Bonchev–Trinajstić information content (AvgIpc) is 2.47. The van der Waals surface area contributed by atoms with Gasteiger partial charge in [-0.3, -0.25) is 0 Å². The van der Waals surface area contributed by atoms with Gasteiger partial charge < -0.3 is 19.9 Å². The molecule has 0 aliphatic carbocycles. The Morgan fingerprint density at radius 3 is 2.95 bits per heavy atom. The molecular formula is C14H20N2O4. The van der Waals surface area contributed by atoms with Gasteiger partial charge in [-0.15, -0.1) is 0 Å². The predicted octanol–water partition coefficient (Wildman–Crippen LogP) is 1.65. The van der Waals surface area contributed by atoms with Gasteiger partial charge in [-0.25, -0.2) is 9.78 Å². The number of carbonyl (C=O) groups is 1. The Morgan fingerprint density at radius 1 is 1.50 bits per heavy atom. The van der Waals surface area contributed by atoms with Crippen LogP contribution in [-0.4, -0.2) is 37.4 Å². The van der Waals surface area contributed by atoms with Crippen molar-refractivity contribution in [3.8, 4) is 5.88 Å². The molecule has 2 rings (SSSR count). The molecule has 0 unspecified atom stereocenters. The maximum atomic E-state index is 11.7. The monoisotopic (exact) mass is 280 g/mol. The summed E-state index contributed by atoms with van der Waals surface area (Å²) in [6, 6.07) is 1.53. The number of nitrogens with two attached hydrogens (primary N) is 1. The fourth-order valence-corrected chi connectivity index (χ4v) is 2.03. The molecule has 1 aromatic heterocycles. The van der Waals surface area contributed by atoms with E-state index >= 15 is 0 Å². The molecule has 0 spiro atoms. The highest BCUT2D eigenvalue weighted by Gasteiger charge is 2.16. The lowest BCUT2D eigenvalue weighted by atomic mass is 10.0. The summed E-state index contributed by atoms with van der Waals surface area (Å²) in [5, 5.41) is 0. The Morgan fingerprint density at radius 2 is 2.25 bits per heavy atom. The Balaban J connectivity index is 1.97. The number of nitrogen functional groups attached to an aromatic ring is 1. The number of rotatable bonds is 5. The zero-order valence-corrected chi connectivity index (χ0v) is 11.6. The number of ether oxygens (including phenoxy) is 3. The van der Waals surface area contributed by atoms with E-state index in [1.165, 1.54) is 12.3 Å². The van der Waals surface area contributed by atoms with Gasteiger partial charge in [0.25, 0.3) is 0 Å². The Bertz CT molecular complexity index is 458. The first kappa shape index (κ1) is 14.6. The average molecular weight is 280 g/mol. The maximum absolute atomic E-state index is 11.7. The van der Waals surface area contributed by atoms with Gasteiger partial charge in [0, 0.05) is 19.3 Å². The van der Waals surface area contributed by atoms with Crippen LogP contribution in [0.4, 0.5) is 5.69 Å². The molecule has 20 heavy (non-hydrogen) atoms. The van der Waals surface area contributed by atoms with Crippen LogP contribution >= 0.6 is 0 Å². The van der Waals surface area contributed by atoms with Gasteiger partial charge in [-0.2, -0.15) is 0 Å². The molecule has 110 valence electrons. The molecule has 1 aliphatic heterocycles. The summed E-state index contributed by atoms with van der Waals surface area (Å²) in [5.41, 5.74) is 6.31. The third-order valence-corrected chi connectivity index (χ3v) is 3.21. The summed E-state index contributed by atoms with van der Waals surface area (Å²) in [6.45, 7) is 4.17. The fourth-order valence-electron chi connectivity index (χ4n) is 2.03. The topological polar surface area (TPSA) is 83.7 Å². The van der Waals surface area contributed by atoms with Gasteiger partial charge in [0.2, 0.25) is 5.88 Å². The van der Waals surface area contributed by atoms with Crippen LogP contribution in [0, 0.1) is 5.92 Å². The van der Waals surface area contributed by atoms with E-state index in [9.17, 15) is 4.79 Å². The van der Waals surface area contributed by atoms with Crippen LogP contribution in [0.2, 0.25) is 0 Å². The first-order chi connectivity index (χ1) is 9.70. The van der Waals surface area contributed by atoms with E-state index in [2.05, 4.69) is 4.98 Å². The van der Waals surface area contributed by atoms with Gasteiger partial charge in [0.1, 0.15) is 0 Å². The molecule has 2 N–H and O–H groups in total. The second-order valence-electron chi connectivity index (χ2n) is 4.70. The maximum Gasteiger partial charge on any atom is 0.340 e. The number of anilines is 1. The van der Waals surface area contributed by atoms with Crippen LogP contribution in [0.25, 0.3) is 0 Å². The van der Waals surface area contributed by atoms with Crippen molar-refractivity contribution < 1.29 is 19.0 Å². The fraction of sp³-hybridized carbons (Fsp3) is 0.571. The minimum atomic E-state index is -0.455. The van der Waals surface area contributed by atoms with Crippen molar-refractivity contribution in [2.75, 3.05) is 32.2 Å². The van der Waals surface area contributed by atoms with Crippen molar-refractivity contribution in [1.29, 1.82) is 0 Å². The second kappa shape index (κ2) is 7.09. The number of pyridine rings is 1. The number of hydrogen-bond donors (Lipinski definition) is 1. The highest BCUT2D eigenvalue weighted by molar-refractivity contribution is 5.95. The summed E-state index contributed by atoms with van der Waals surface area (Å²) in [7, 11) is 0. The molecule has 0 amide bonds. The number of nitrogens with zero attached hydrogens (tertiary/aromatic N) is 1. The normalized spacial score (nSPS) is 15.8. The van der Waals surface area contributed by atoms with E-state index in [-0.39, 0.29) is 0 Å². The van der Waals surface area contributed by atoms with Crippen molar-refractivity contribution in [2.24, 2.45) is 5.92 Å². The lowest BCUT2D eigenvalue weighted by Crippen LogP contribution is -2.21. The number of carbonyl (C=O) groups excluding carboxylic acids is 1. The molecule has 6 heteroatoms. The lowest BCUT2D eigenvalue weighted by molar-refractivity contribution is 0.0488. The SMILES string of the molecule is CCOC(=O)c1cc(OCC2CCOCC2)ncc1N. The van der Waals surface area contributed by atoms with Crippen LogP contribution in [-0.2, 0) is 9.47 Å². The highest BCUT2D eigenvalue weighted by atomic mass is 16.5. The summed E-state index contributed by atoms with van der Waals surface area (Å²) in [5.74, 6) is 0.409. The number of esters is 1. The Hall–Kier alpha value is -1.82. The number of aromatic nitrogens is 1. The third-order valence-electron chi connectivity index (χ3n) is 3.21. The first-order valence-electron chi connectivity index (χ1n) is 6.84. The predicted molar refractivity (Wildman–Crippen MR) is 73.6 cm³/mol. The lowest BCUT2D eigenvalue weighted by Gasteiger charge is -2.21. The van der Waals surface area contributed by atoms with Gasteiger partial charge in [-0.05, 0) is 25.7 Å². The summed E-state index contributed by atoms with van der Waals surface area (Å²) in [6.07, 6.45) is 3.39. The molecule has 1 aromatic rings. The van der Waals surface area contributed by atoms with Crippen molar-refractivity contribution in [3.05, 3.63) is 17.8 Å². The van der Waals surface area contributed by atoms with Gasteiger partial charge in [0.05, 0.1) is 30.7 Å². The van der Waals surface area contributed by atoms with Crippen LogP contribution in [0.5, 0.6) is 5.88 Å². The van der Waals surface area contributed by atoms with Gasteiger partial charge >= 0.3 is 5.97 Å². The van der Waals surface area contributed by atoms with Crippen LogP contribution in [0.1, 0.15) is 30.1 Å². The van der Waals surface area contributed by atoms with Crippen molar-refractivity contribution >= 4 is 11.7 Å². The Labute approximate surface area is 118 Å². The smallest absolute Gasteiger partial charge is 0.340 e. The van der Waals surface area contributed by atoms with E-state index in [1.807, 2.05) is 0 Å². The molecular weight excluding hydrogens is 260 g/mol. The molecule has 0 bridgehead atoms. The zero-order chi connectivity index (χ0) is 14.4. The molecule has 0 aromatic carbocycles. The van der Waals surface area contributed by atoms with Crippen molar-refractivity contribution in [2.45, 2.75) is 19.8 Å². The van der Waals surface area contributed by atoms with Gasteiger partial charge in [-0.1, -0.05) is 0 Å². The standard InChI is InChI=1S/C14H20N2O4/c1-2-19-14(17)11-7-13(16-8-12(11)15)20-9-10-3-5-18-6-4-10/h7-8,10H,2-6,9,15H2,1H3. The molecule has 1 aliphatic rings. The molecule has 1 fully saturated rings. The molecule has 0 saturated carbocycles. The van der Waals surface area contributed by atoms with E-state index in [0.29, 0.717) is 36.3 Å². The summed E-state index contributed by atoms with van der Waals surface area (Å²) < 4.78 is 15.9. The zero-order valence-electron chi connectivity index (χ0n) is 11.6. The van der Waals surface area contributed by atoms with E-state index < -0.39 is 5.97 Å². The quantitative estimate of drug-likeness (QED) is 0.826. The molecule has 0 radical (unpaired) electrons. The van der Waals surface area contributed by atoms with E-state index in [1.54, 1.807) is 6.92 Å². The Kier molecular flexibility index (Phi) is 5.17. The minimum absolute atomic E-state index is 0.293. The van der Waals surface area contributed by atoms with Crippen molar-refractivity contribution in [3.63, 3.8) is 0 Å². The minimum Gasteiger partial charge on any atom is -0.477 e. The van der Waals surface area contributed by atoms with E-state index in [0.717, 1.165) is 26.1 Å². The summed E-state index contributed by atoms with van der Waals surface area (Å²) >= 11 is 0. The second-order valence-corrected chi connectivity index (χ2v) is 4.70. The third kappa shape index (κ3) is 3.84. The number of hydrogen-bond acceptors (Lipinski definition) is 6. The highest BCUT2D eigenvalue weighted by Crippen LogP contribution is 2.20. The molecule has 1 saturated heterocycles.